The Labute approximate surface area is 99.8 Å². The molecule has 0 fully saturated rings. The largest absolute Gasteiger partial charge is 0.321 e. The molecule has 6 nitrogen and oxygen atoms in total. The van der Waals surface area contributed by atoms with Crippen molar-refractivity contribution in [2.75, 3.05) is 5.32 Å². The second-order valence-corrected chi connectivity index (χ2v) is 3.33. The zero-order chi connectivity index (χ0) is 13.0. The van der Waals surface area contributed by atoms with E-state index in [2.05, 4.69) is 5.32 Å². The lowest BCUT2D eigenvalue weighted by Crippen LogP contribution is -2.12. The summed E-state index contributed by atoms with van der Waals surface area (Å²) in [5, 5.41) is 20.4. The van der Waals surface area contributed by atoms with Gasteiger partial charge in [0.2, 0.25) is 5.91 Å². The SMILES string of the molecule is N#CCC(=O)Nc1c(F)cc([N+](=O)[O-])cc1Cl. The molecule has 0 saturated heterocycles. The summed E-state index contributed by atoms with van der Waals surface area (Å²) in [7, 11) is 0. The maximum atomic E-state index is 13.4. The summed E-state index contributed by atoms with van der Waals surface area (Å²) < 4.78 is 13.4. The molecule has 0 radical (unpaired) electrons. The number of anilines is 1. The van der Waals surface area contributed by atoms with Gasteiger partial charge in [-0.1, -0.05) is 11.6 Å². The van der Waals surface area contributed by atoms with Crippen LogP contribution >= 0.6 is 11.6 Å². The first-order chi connectivity index (χ1) is 7.95. The number of non-ortho nitro benzene ring substituents is 1. The fourth-order valence-corrected chi connectivity index (χ4v) is 1.29. The molecule has 0 saturated carbocycles. The number of nitrogens with zero attached hydrogens (tertiary/aromatic N) is 2. The van der Waals surface area contributed by atoms with Crippen LogP contribution in [0.5, 0.6) is 0 Å². The van der Waals surface area contributed by atoms with Gasteiger partial charge in [0.15, 0.2) is 5.82 Å². The van der Waals surface area contributed by atoms with E-state index in [-0.39, 0.29) is 10.7 Å². The number of halogens is 2. The number of carbonyl (C=O) groups is 1. The van der Waals surface area contributed by atoms with Crippen molar-refractivity contribution < 1.29 is 14.1 Å². The van der Waals surface area contributed by atoms with Crippen LogP contribution in [-0.4, -0.2) is 10.8 Å². The number of amides is 1. The van der Waals surface area contributed by atoms with Gasteiger partial charge in [-0.05, 0) is 0 Å². The van der Waals surface area contributed by atoms with Crippen LogP contribution in [0, 0.1) is 27.3 Å². The highest BCUT2D eigenvalue weighted by atomic mass is 35.5. The molecule has 17 heavy (non-hydrogen) atoms. The van der Waals surface area contributed by atoms with E-state index in [0.29, 0.717) is 6.07 Å². The molecule has 88 valence electrons. The standard InChI is InChI=1S/C9H5ClFN3O3/c10-6-3-5(14(16)17)4-7(11)9(6)13-8(15)1-2-12/h3-4H,1H2,(H,13,15). The first-order valence-corrected chi connectivity index (χ1v) is 4.63. The minimum absolute atomic E-state index is 0.303. The van der Waals surface area contributed by atoms with E-state index >= 15 is 0 Å². The molecule has 0 atom stereocenters. The molecule has 0 heterocycles. The molecule has 0 aliphatic heterocycles. The minimum atomic E-state index is -1.03. The Morgan fingerprint density at radius 3 is 2.76 bits per heavy atom. The third kappa shape index (κ3) is 3.12. The van der Waals surface area contributed by atoms with Crippen molar-refractivity contribution in [1.82, 2.24) is 0 Å². The van der Waals surface area contributed by atoms with Crippen LogP contribution < -0.4 is 5.32 Å². The van der Waals surface area contributed by atoms with Crippen molar-refractivity contribution in [3.05, 3.63) is 33.1 Å². The first kappa shape index (κ1) is 12.9. The Bertz CT molecular complexity index is 504. The van der Waals surface area contributed by atoms with Gasteiger partial charge < -0.3 is 5.32 Å². The van der Waals surface area contributed by atoms with Crippen LogP contribution in [0.2, 0.25) is 5.02 Å². The number of carbonyl (C=O) groups excluding carboxylic acids is 1. The van der Waals surface area contributed by atoms with E-state index in [9.17, 15) is 19.3 Å². The summed E-state index contributed by atoms with van der Waals surface area (Å²) in [5.74, 6) is -1.78. The molecular weight excluding hydrogens is 253 g/mol. The summed E-state index contributed by atoms with van der Waals surface area (Å²) >= 11 is 5.58. The smallest absolute Gasteiger partial charge is 0.274 e. The van der Waals surface area contributed by atoms with Crippen molar-refractivity contribution >= 4 is 28.9 Å². The van der Waals surface area contributed by atoms with Crippen molar-refractivity contribution in [1.29, 1.82) is 5.26 Å². The minimum Gasteiger partial charge on any atom is -0.321 e. The molecule has 0 aliphatic rings. The molecule has 0 spiro atoms. The normalized spacial score (nSPS) is 9.47. The summed E-state index contributed by atoms with van der Waals surface area (Å²) in [6, 6.07) is 3.11. The maximum absolute atomic E-state index is 13.4. The predicted octanol–water partition coefficient (Wildman–Crippen LogP) is 2.24. The van der Waals surface area contributed by atoms with Crippen LogP contribution in [-0.2, 0) is 4.79 Å². The molecule has 1 aromatic carbocycles. The highest BCUT2D eigenvalue weighted by Crippen LogP contribution is 2.30. The fraction of sp³-hybridized carbons (Fsp3) is 0.111. The lowest BCUT2D eigenvalue weighted by atomic mass is 10.2. The third-order valence-electron chi connectivity index (χ3n) is 1.74. The molecule has 0 aromatic heterocycles. The average Bonchev–Trinajstić information content (AvgIpc) is 2.23. The number of rotatable bonds is 3. The monoisotopic (exact) mass is 257 g/mol. The molecule has 1 N–H and O–H groups in total. The summed E-state index contributed by atoms with van der Waals surface area (Å²) in [6.45, 7) is 0. The number of hydrogen-bond donors (Lipinski definition) is 1. The third-order valence-corrected chi connectivity index (χ3v) is 2.04. The number of nitro groups is 1. The van der Waals surface area contributed by atoms with Crippen LogP contribution in [0.25, 0.3) is 0 Å². The lowest BCUT2D eigenvalue weighted by Gasteiger charge is -2.06. The first-order valence-electron chi connectivity index (χ1n) is 4.26. The zero-order valence-electron chi connectivity index (χ0n) is 8.24. The van der Waals surface area contributed by atoms with Gasteiger partial charge in [0, 0.05) is 6.07 Å². The van der Waals surface area contributed by atoms with E-state index in [1.54, 1.807) is 6.07 Å². The van der Waals surface area contributed by atoms with Crippen molar-refractivity contribution in [2.24, 2.45) is 0 Å². The Morgan fingerprint density at radius 2 is 2.29 bits per heavy atom. The summed E-state index contributed by atoms with van der Waals surface area (Å²) in [4.78, 5) is 20.6. The van der Waals surface area contributed by atoms with Crippen LogP contribution in [0.4, 0.5) is 15.8 Å². The zero-order valence-corrected chi connectivity index (χ0v) is 8.99. The van der Waals surface area contributed by atoms with E-state index in [4.69, 9.17) is 16.9 Å². The van der Waals surface area contributed by atoms with Crippen LogP contribution in [0.3, 0.4) is 0 Å². The quantitative estimate of drug-likeness (QED) is 0.663. The predicted molar refractivity (Wildman–Crippen MR) is 56.9 cm³/mol. The fourth-order valence-electron chi connectivity index (χ4n) is 1.04. The molecule has 0 aliphatic carbocycles. The van der Waals surface area contributed by atoms with Gasteiger partial charge in [-0.15, -0.1) is 0 Å². The number of nitrogens with one attached hydrogen (secondary N) is 1. The molecule has 1 aromatic rings. The molecular formula is C9H5ClFN3O3. The number of nitro benzene ring substituents is 1. The topological polar surface area (TPSA) is 96.0 Å². The summed E-state index contributed by atoms with van der Waals surface area (Å²) in [6.07, 6.45) is -0.466. The van der Waals surface area contributed by atoms with Crippen LogP contribution in [0.1, 0.15) is 6.42 Å². The van der Waals surface area contributed by atoms with Gasteiger partial charge in [0.25, 0.3) is 5.69 Å². The van der Waals surface area contributed by atoms with Gasteiger partial charge in [-0.2, -0.15) is 5.26 Å². The highest BCUT2D eigenvalue weighted by Gasteiger charge is 2.17. The Kier molecular flexibility index (Phi) is 3.96. The lowest BCUT2D eigenvalue weighted by molar-refractivity contribution is -0.385. The van der Waals surface area contributed by atoms with E-state index < -0.39 is 28.8 Å². The second kappa shape index (κ2) is 5.23. The Balaban J connectivity index is 3.07. The molecule has 0 bridgehead atoms. The van der Waals surface area contributed by atoms with Gasteiger partial charge >= 0.3 is 0 Å². The van der Waals surface area contributed by atoms with Gasteiger partial charge in [-0.25, -0.2) is 4.39 Å². The van der Waals surface area contributed by atoms with E-state index in [1.807, 2.05) is 0 Å². The second-order valence-electron chi connectivity index (χ2n) is 2.92. The number of nitriles is 1. The molecule has 1 amide bonds. The number of benzene rings is 1. The molecule has 0 unspecified atom stereocenters. The highest BCUT2D eigenvalue weighted by molar-refractivity contribution is 6.34. The van der Waals surface area contributed by atoms with Gasteiger partial charge in [0.05, 0.1) is 27.8 Å². The molecule has 8 heteroatoms. The van der Waals surface area contributed by atoms with Crippen molar-refractivity contribution in [3.63, 3.8) is 0 Å². The Hall–Kier alpha value is -2.20. The Morgan fingerprint density at radius 1 is 1.65 bits per heavy atom. The number of hydrogen-bond acceptors (Lipinski definition) is 4. The van der Waals surface area contributed by atoms with Crippen LogP contribution in [0.15, 0.2) is 12.1 Å². The average molecular weight is 258 g/mol. The van der Waals surface area contributed by atoms with Gasteiger partial charge in [0.1, 0.15) is 6.42 Å². The van der Waals surface area contributed by atoms with E-state index in [1.165, 1.54) is 0 Å². The van der Waals surface area contributed by atoms with Crippen molar-refractivity contribution in [3.8, 4) is 6.07 Å². The van der Waals surface area contributed by atoms with Gasteiger partial charge in [-0.3, -0.25) is 14.9 Å². The molecule has 1 rings (SSSR count). The van der Waals surface area contributed by atoms with Crippen molar-refractivity contribution in [2.45, 2.75) is 6.42 Å². The summed E-state index contributed by atoms with van der Waals surface area (Å²) in [5.41, 5.74) is -0.900. The van der Waals surface area contributed by atoms with E-state index in [0.717, 1.165) is 6.07 Å². The maximum Gasteiger partial charge on any atom is 0.274 e.